The molecule has 32 heavy (non-hydrogen) atoms. The van der Waals surface area contributed by atoms with Crippen LogP contribution in [0.15, 0.2) is 60.1 Å². The van der Waals surface area contributed by atoms with Gasteiger partial charge in [0, 0.05) is 27.2 Å². The fourth-order valence-corrected chi connectivity index (χ4v) is 7.30. The molecule has 4 heterocycles. The van der Waals surface area contributed by atoms with E-state index >= 15 is 0 Å². The number of nitrogens with zero attached hydrogens (tertiary/aromatic N) is 2. The van der Waals surface area contributed by atoms with Crippen molar-refractivity contribution in [3.8, 4) is 5.00 Å². The Bertz CT molecular complexity index is 1280. The first kappa shape index (κ1) is 19.8. The summed E-state index contributed by atoms with van der Waals surface area (Å²) < 4.78 is 2.34. The normalized spacial score (nSPS) is 17.3. The van der Waals surface area contributed by atoms with Crippen LogP contribution >= 0.6 is 22.7 Å². The molecule has 0 unspecified atom stereocenters. The highest BCUT2D eigenvalue weighted by molar-refractivity contribution is 7.15. The Kier molecular flexibility index (Phi) is 4.92. The van der Waals surface area contributed by atoms with Crippen LogP contribution in [-0.2, 0) is 19.4 Å². The van der Waals surface area contributed by atoms with Crippen molar-refractivity contribution in [3.05, 3.63) is 92.2 Å². The summed E-state index contributed by atoms with van der Waals surface area (Å²) in [5.74, 6) is 0. The molecule has 2 amide bonds. The van der Waals surface area contributed by atoms with Gasteiger partial charge in [-0.25, -0.2) is 4.79 Å². The molecule has 0 fully saturated rings. The highest BCUT2D eigenvalue weighted by Crippen LogP contribution is 2.44. The Hall–Kier alpha value is -2.83. The molecule has 6 heteroatoms. The van der Waals surface area contributed by atoms with E-state index in [1.807, 2.05) is 47.4 Å². The second-order valence-electron chi connectivity index (χ2n) is 8.64. The predicted molar refractivity (Wildman–Crippen MR) is 132 cm³/mol. The summed E-state index contributed by atoms with van der Waals surface area (Å²) in [4.78, 5) is 18.5. The number of carbonyl (C=O) groups is 1. The number of aromatic nitrogens is 1. The number of benzene rings is 1. The van der Waals surface area contributed by atoms with Gasteiger partial charge in [0.15, 0.2) is 0 Å². The van der Waals surface area contributed by atoms with Gasteiger partial charge in [0.05, 0.1) is 12.2 Å². The number of hydrogen-bond acceptors (Lipinski definition) is 3. The number of aryl methyl sites for hydroxylation is 2. The number of carbonyl (C=O) groups excluding carboxylic acids is 1. The molecule has 1 atom stereocenters. The van der Waals surface area contributed by atoms with E-state index in [9.17, 15) is 4.79 Å². The number of amides is 2. The lowest BCUT2D eigenvalue weighted by Gasteiger charge is -2.30. The molecule has 0 bridgehead atoms. The smallest absolute Gasteiger partial charge is 0.310 e. The van der Waals surface area contributed by atoms with Crippen molar-refractivity contribution in [2.24, 2.45) is 0 Å². The van der Waals surface area contributed by atoms with Crippen LogP contribution in [-0.4, -0.2) is 15.5 Å². The van der Waals surface area contributed by atoms with E-state index < -0.39 is 0 Å². The van der Waals surface area contributed by atoms with Crippen LogP contribution in [0.2, 0.25) is 0 Å². The van der Waals surface area contributed by atoms with E-state index in [-0.39, 0.29) is 12.1 Å². The number of nitrogens with one attached hydrogen (secondary N) is 1. The molecule has 162 valence electrons. The molecule has 3 aromatic heterocycles. The van der Waals surface area contributed by atoms with Crippen LogP contribution in [0, 0.1) is 6.92 Å². The third-order valence-electron chi connectivity index (χ3n) is 6.52. The van der Waals surface area contributed by atoms with Crippen molar-refractivity contribution in [1.82, 2.24) is 9.47 Å². The molecule has 0 spiro atoms. The fourth-order valence-electron chi connectivity index (χ4n) is 5.05. The van der Waals surface area contributed by atoms with Crippen molar-refractivity contribution in [3.63, 3.8) is 0 Å². The summed E-state index contributed by atoms with van der Waals surface area (Å²) in [5.41, 5.74) is 5.95. The van der Waals surface area contributed by atoms with Crippen LogP contribution < -0.4 is 5.32 Å². The van der Waals surface area contributed by atoms with Gasteiger partial charge < -0.3 is 14.8 Å². The second-order valence-corrected chi connectivity index (χ2v) is 10.7. The standard InChI is InChI=1S/C26H25N3OS2/c1-17-7-4-8-18(15-17)27-26(30)29-16-20-19-9-2-3-11-22(19)32-25(20)28-13-5-10-21(28)24(29)23-12-6-14-31-23/h4-8,10,12-15,24H,2-3,9,11,16H2,1H3,(H,27,30)/t24-/m0/s1. The minimum atomic E-state index is -0.117. The number of fused-ring (bicyclic) bond motifs is 5. The maximum atomic E-state index is 13.8. The quantitative estimate of drug-likeness (QED) is 0.347. The minimum Gasteiger partial charge on any atom is -0.310 e. The van der Waals surface area contributed by atoms with E-state index in [2.05, 4.69) is 45.7 Å². The molecular formula is C26H25N3OS2. The van der Waals surface area contributed by atoms with Gasteiger partial charge in [0.25, 0.3) is 0 Å². The van der Waals surface area contributed by atoms with Crippen molar-refractivity contribution in [2.75, 3.05) is 5.32 Å². The number of thiophene rings is 2. The molecule has 0 radical (unpaired) electrons. The summed E-state index contributed by atoms with van der Waals surface area (Å²) in [7, 11) is 0. The first-order chi connectivity index (χ1) is 15.7. The van der Waals surface area contributed by atoms with Gasteiger partial charge in [-0.05, 0) is 79.4 Å². The van der Waals surface area contributed by atoms with Crippen LogP contribution in [0.3, 0.4) is 0 Å². The van der Waals surface area contributed by atoms with Gasteiger partial charge in [-0.3, -0.25) is 0 Å². The predicted octanol–water partition coefficient (Wildman–Crippen LogP) is 6.92. The number of anilines is 1. The van der Waals surface area contributed by atoms with Crippen LogP contribution in [0.4, 0.5) is 10.5 Å². The molecule has 4 nitrogen and oxygen atoms in total. The minimum absolute atomic E-state index is 0.0506. The molecule has 0 saturated carbocycles. The average Bonchev–Trinajstić information content (AvgIpc) is 3.53. The average molecular weight is 460 g/mol. The summed E-state index contributed by atoms with van der Waals surface area (Å²) >= 11 is 3.64. The molecule has 1 N–H and O–H groups in total. The molecule has 1 aliphatic carbocycles. The Morgan fingerprint density at radius 3 is 2.81 bits per heavy atom. The summed E-state index contributed by atoms with van der Waals surface area (Å²) in [6, 6.07) is 16.4. The maximum Gasteiger partial charge on any atom is 0.323 e. The van der Waals surface area contributed by atoms with Gasteiger partial charge in [0.1, 0.15) is 11.0 Å². The maximum absolute atomic E-state index is 13.8. The lowest BCUT2D eigenvalue weighted by molar-refractivity contribution is 0.195. The fraction of sp³-hybridized carbons (Fsp3) is 0.269. The van der Waals surface area contributed by atoms with Crippen molar-refractivity contribution < 1.29 is 4.79 Å². The van der Waals surface area contributed by atoms with Gasteiger partial charge in [-0.1, -0.05) is 18.2 Å². The van der Waals surface area contributed by atoms with Gasteiger partial charge in [-0.2, -0.15) is 0 Å². The van der Waals surface area contributed by atoms with Crippen LogP contribution in [0.1, 0.15) is 51.0 Å². The van der Waals surface area contributed by atoms with Crippen LogP contribution in [0.5, 0.6) is 0 Å². The Morgan fingerprint density at radius 2 is 1.97 bits per heavy atom. The highest BCUT2D eigenvalue weighted by atomic mass is 32.1. The Morgan fingerprint density at radius 1 is 1.06 bits per heavy atom. The highest BCUT2D eigenvalue weighted by Gasteiger charge is 2.36. The molecule has 6 rings (SSSR count). The molecule has 1 aromatic carbocycles. The topological polar surface area (TPSA) is 37.3 Å². The van der Waals surface area contributed by atoms with Gasteiger partial charge in [-0.15, -0.1) is 22.7 Å². The summed E-state index contributed by atoms with van der Waals surface area (Å²) in [5, 5.41) is 6.58. The Balaban J connectivity index is 1.49. The first-order valence-corrected chi connectivity index (χ1v) is 12.9. The third kappa shape index (κ3) is 3.29. The molecule has 1 aliphatic heterocycles. The molecular weight excluding hydrogens is 434 g/mol. The SMILES string of the molecule is Cc1cccc(NC(=O)N2Cc3c(sc4c3CCCC4)-n3cccc3[C@H]2c2cccs2)c1. The van der Waals surface area contributed by atoms with E-state index in [0.717, 1.165) is 29.8 Å². The number of urea groups is 1. The van der Waals surface area contributed by atoms with E-state index in [4.69, 9.17) is 0 Å². The first-order valence-electron chi connectivity index (χ1n) is 11.2. The Labute approximate surface area is 196 Å². The van der Waals surface area contributed by atoms with E-state index in [1.54, 1.807) is 11.3 Å². The monoisotopic (exact) mass is 459 g/mol. The molecule has 2 aliphatic rings. The van der Waals surface area contributed by atoms with Gasteiger partial charge >= 0.3 is 6.03 Å². The van der Waals surface area contributed by atoms with Gasteiger partial charge in [0.2, 0.25) is 0 Å². The van der Waals surface area contributed by atoms with Crippen LogP contribution in [0.25, 0.3) is 5.00 Å². The number of hydrogen-bond donors (Lipinski definition) is 1. The lowest BCUT2D eigenvalue weighted by Crippen LogP contribution is -2.37. The zero-order valence-electron chi connectivity index (χ0n) is 18.0. The molecule has 0 saturated heterocycles. The summed E-state index contributed by atoms with van der Waals surface area (Å²) in [6.45, 7) is 2.68. The largest absolute Gasteiger partial charge is 0.323 e. The van der Waals surface area contributed by atoms with Crippen molar-refractivity contribution in [2.45, 2.75) is 45.2 Å². The summed E-state index contributed by atoms with van der Waals surface area (Å²) in [6.07, 6.45) is 6.94. The number of rotatable bonds is 2. The zero-order chi connectivity index (χ0) is 21.7. The third-order valence-corrected chi connectivity index (χ3v) is 8.78. The zero-order valence-corrected chi connectivity index (χ0v) is 19.6. The van der Waals surface area contributed by atoms with E-state index in [1.165, 1.54) is 38.7 Å². The lowest BCUT2D eigenvalue weighted by atomic mass is 9.95. The van der Waals surface area contributed by atoms with Crippen molar-refractivity contribution >= 4 is 34.4 Å². The molecule has 4 aromatic rings. The van der Waals surface area contributed by atoms with Crippen molar-refractivity contribution in [1.29, 1.82) is 0 Å². The van der Waals surface area contributed by atoms with E-state index in [0.29, 0.717) is 6.54 Å². The second kappa shape index (κ2) is 7.94.